The number of rotatable bonds is 6. The number of aliphatic hydroxyl groups is 1. The van der Waals surface area contributed by atoms with Crippen LogP contribution in [-0.4, -0.2) is 29.6 Å². The van der Waals surface area contributed by atoms with E-state index in [4.69, 9.17) is 10.8 Å². The zero-order chi connectivity index (χ0) is 10.3. The molecular weight excluding hydrogens is 172 g/mol. The van der Waals surface area contributed by atoms with E-state index in [-0.39, 0.29) is 12.5 Å². The molecule has 0 aromatic carbocycles. The molecule has 1 unspecified atom stereocenters. The quantitative estimate of drug-likeness (QED) is 0.473. The van der Waals surface area contributed by atoms with Gasteiger partial charge in [0, 0.05) is 13.0 Å². The second-order valence-corrected chi connectivity index (χ2v) is 2.87. The Bertz CT molecular complexity index is 182. The molecule has 0 rings (SSSR count). The van der Waals surface area contributed by atoms with Gasteiger partial charge in [0.15, 0.2) is 0 Å². The van der Waals surface area contributed by atoms with Crippen LogP contribution in [0.2, 0.25) is 0 Å². The van der Waals surface area contributed by atoms with Crippen LogP contribution in [0.5, 0.6) is 0 Å². The number of hydrogen-bond acceptors (Lipinski definition) is 3. The third-order valence-electron chi connectivity index (χ3n) is 1.62. The molecular formula is C8H16N2O3. The molecule has 5 nitrogen and oxygen atoms in total. The van der Waals surface area contributed by atoms with E-state index in [1.165, 1.54) is 6.92 Å². The average Bonchev–Trinajstić information content (AvgIpc) is 2.04. The van der Waals surface area contributed by atoms with Crippen LogP contribution in [0.4, 0.5) is 0 Å². The lowest BCUT2D eigenvalue weighted by molar-refractivity contribution is -0.127. The van der Waals surface area contributed by atoms with E-state index < -0.39 is 11.9 Å². The van der Waals surface area contributed by atoms with E-state index in [9.17, 15) is 9.59 Å². The lowest BCUT2D eigenvalue weighted by Gasteiger charge is -2.09. The average molecular weight is 188 g/mol. The summed E-state index contributed by atoms with van der Waals surface area (Å²) in [5.74, 6) is -0.754. The van der Waals surface area contributed by atoms with Crippen molar-refractivity contribution in [3.05, 3.63) is 0 Å². The standard InChI is InChI=1S/C8H16N2O3/c1-6(8(9)13)10-7(12)4-2-3-5-11/h6,11H,2-5H2,1H3,(H2,9,13)(H,10,12). The Morgan fingerprint density at radius 2 is 2.08 bits per heavy atom. The van der Waals surface area contributed by atoms with Crippen LogP contribution in [0.3, 0.4) is 0 Å². The number of nitrogens with one attached hydrogen (secondary N) is 1. The van der Waals surface area contributed by atoms with Gasteiger partial charge in [0.05, 0.1) is 0 Å². The fourth-order valence-electron chi connectivity index (χ4n) is 0.782. The van der Waals surface area contributed by atoms with Crippen molar-refractivity contribution in [1.82, 2.24) is 5.32 Å². The Balaban J connectivity index is 3.56. The van der Waals surface area contributed by atoms with E-state index in [0.717, 1.165) is 0 Å². The number of nitrogens with two attached hydrogens (primary N) is 1. The minimum atomic E-state index is -0.623. The van der Waals surface area contributed by atoms with Crippen LogP contribution in [-0.2, 0) is 9.59 Å². The molecule has 0 radical (unpaired) electrons. The van der Waals surface area contributed by atoms with Crippen molar-refractivity contribution in [2.75, 3.05) is 6.61 Å². The number of aliphatic hydroxyl groups excluding tert-OH is 1. The summed E-state index contributed by atoms with van der Waals surface area (Å²) in [5, 5.41) is 10.9. The maximum atomic E-state index is 11.0. The summed E-state index contributed by atoms with van der Waals surface area (Å²) < 4.78 is 0. The van der Waals surface area contributed by atoms with E-state index in [0.29, 0.717) is 19.3 Å². The molecule has 0 aliphatic carbocycles. The first kappa shape index (κ1) is 11.9. The second-order valence-electron chi connectivity index (χ2n) is 2.87. The van der Waals surface area contributed by atoms with E-state index >= 15 is 0 Å². The monoisotopic (exact) mass is 188 g/mol. The van der Waals surface area contributed by atoms with Gasteiger partial charge in [-0.05, 0) is 19.8 Å². The second kappa shape index (κ2) is 6.42. The molecule has 4 N–H and O–H groups in total. The molecule has 0 aliphatic heterocycles. The fourth-order valence-corrected chi connectivity index (χ4v) is 0.782. The Morgan fingerprint density at radius 3 is 2.54 bits per heavy atom. The van der Waals surface area contributed by atoms with E-state index in [1.807, 2.05) is 0 Å². The smallest absolute Gasteiger partial charge is 0.239 e. The SMILES string of the molecule is CC(NC(=O)CCCCO)C(N)=O. The highest BCUT2D eigenvalue weighted by Gasteiger charge is 2.10. The first-order valence-electron chi connectivity index (χ1n) is 4.27. The van der Waals surface area contributed by atoms with Crippen LogP contribution >= 0.6 is 0 Å². The van der Waals surface area contributed by atoms with Gasteiger partial charge in [-0.2, -0.15) is 0 Å². The topological polar surface area (TPSA) is 92.4 Å². The summed E-state index contributed by atoms with van der Waals surface area (Å²) in [7, 11) is 0. The van der Waals surface area contributed by atoms with Crippen molar-refractivity contribution in [3.63, 3.8) is 0 Å². The summed E-state index contributed by atoms with van der Waals surface area (Å²) in [5.41, 5.74) is 4.95. The summed E-state index contributed by atoms with van der Waals surface area (Å²) in [4.78, 5) is 21.6. The van der Waals surface area contributed by atoms with Crippen LogP contribution in [0.25, 0.3) is 0 Å². The van der Waals surface area contributed by atoms with Gasteiger partial charge >= 0.3 is 0 Å². The summed E-state index contributed by atoms with van der Waals surface area (Å²) in [6, 6.07) is -0.623. The highest BCUT2D eigenvalue weighted by Crippen LogP contribution is 1.94. The van der Waals surface area contributed by atoms with Gasteiger partial charge in [-0.15, -0.1) is 0 Å². The van der Waals surface area contributed by atoms with Gasteiger partial charge in [-0.3, -0.25) is 9.59 Å². The van der Waals surface area contributed by atoms with E-state index in [1.54, 1.807) is 0 Å². The highest BCUT2D eigenvalue weighted by molar-refractivity contribution is 5.86. The minimum Gasteiger partial charge on any atom is -0.396 e. The summed E-state index contributed by atoms with van der Waals surface area (Å²) in [6.45, 7) is 1.62. The third kappa shape index (κ3) is 6.10. The molecule has 2 amide bonds. The number of unbranched alkanes of at least 4 members (excludes halogenated alkanes) is 1. The van der Waals surface area contributed by atoms with E-state index in [2.05, 4.69) is 5.32 Å². The molecule has 0 aliphatic rings. The van der Waals surface area contributed by atoms with Gasteiger partial charge in [-0.25, -0.2) is 0 Å². The lowest BCUT2D eigenvalue weighted by Crippen LogP contribution is -2.42. The van der Waals surface area contributed by atoms with Crippen molar-refractivity contribution in [3.8, 4) is 0 Å². The van der Waals surface area contributed by atoms with Crippen LogP contribution in [0.1, 0.15) is 26.2 Å². The van der Waals surface area contributed by atoms with Crippen molar-refractivity contribution < 1.29 is 14.7 Å². The number of carbonyl (C=O) groups excluding carboxylic acids is 2. The number of amides is 2. The number of primary amides is 1. The van der Waals surface area contributed by atoms with Crippen molar-refractivity contribution >= 4 is 11.8 Å². The Hall–Kier alpha value is -1.10. The molecule has 0 spiro atoms. The molecule has 0 aromatic heterocycles. The lowest BCUT2D eigenvalue weighted by atomic mass is 10.2. The minimum absolute atomic E-state index is 0.0820. The molecule has 13 heavy (non-hydrogen) atoms. The Labute approximate surface area is 77.3 Å². The Kier molecular flexibility index (Phi) is 5.88. The maximum absolute atomic E-state index is 11.0. The van der Waals surface area contributed by atoms with Gasteiger partial charge in [0.2, 0.25) is 11.8 Å². The van der Waals surface area contributed by atoms with Gasteiger partial charge in [0.1, 0.15) is 6.04 Å². The predicted molar refractivity (Wildman–Crippen MR) is 47.7 cm³/mol. The van der Waals surface area contributed by atoms with Crippen molar-refractivity contribution in [1.29, 1.82) is 0 Å². The number of hydrogen-bond donors (Lipinski definition) is 3. The molecule has 0 saturated carbocycles. The van der Waals surface area contributed by atoms with Crippen LogP contribution in [0, 0.1) is 0 Å². The van der Waals surface area contributed by atoms with Crippen LogP contribution < -0.4 is 11.1 Å². The fraction of sp³-hybridized carbons (Fsp3) is 0.750. The molecule has 0 aromatic rings. The number of carbonyl (C=O) groups is 2. The molecule has 76 valence electrons. The van der Waals surface area contributed by atoms with Crippen LogP contribution in [0.15, 0.2) is 0 Å². The maximum Gasteiger partial charge on any atom is 0.239 e. The zero-order valence-corrected chi connectivity index (χ0v) is 7.75. The normalized spacial score (nSPS) is 12.2. The van der Waals surface area contributed by atoms with Gasteiger partial charge in [0.25, 0.3) is 0 Å². The molecule has 0 saturated heterocycles. The molecule has 0 fully saturated rings. The third-order valence-corrected chi connectivity index (χ3v) is 1.62. The first-order chi connectivity index (χ1) is 6.07. The molecule has 0 bridgehead atoms. The largest absolute Gasteiger partial charge is 0.396 e. The molecule has 1 atom stereocenters. The van der Waals surface area contributed by atoms with Crippen molar-refractivity contribution in [2.24, 2.45) is 5.73 Å². The van der Waals surface area contributed by atoms with Gasteiger partial charge in [-0.1, -0.05) is 0 Å². The van der Waals surface area contributed by atoms with Crippen molar-refractivity contribution in [2.45, 2.75) is 32.2 Å². The summed E-state index contributed by atoms with van der Waals surface area (Å²) in [6.07, 6.45) is 1.53. The highest BCUT2D eigenvalue weighted by atomic mass is 16.3. The van der Waals surface area contributed by atoms with Gasteiger partial charge < -0.3 is 16.2 Å². The predicted octanol–water partition coefficient (Wildman–Crippen LogP) is -0.861. The Morgan fingerprint density at radius 1 is 1.46 bits per heavy atom. The molecule has 5 heteroatoms. The summed E-state index contributed by atoms with van der Waals surface area (Å²) >= 11 is 0. The zero-order valence-electron chi connectivity index (χ0n) is 7.75. The first-order valence-corrected chi connectivity index (χ1v) is 4.27. The molecule has 0 heterocycles.